The molecule has 0 fully saturated rings. The Labute approximate surface area is 105 Å². The maximum atomic E-state index is 9.43. The van der Waals surface area contributed by atoms with Crippen LogP contribution in [0.3, 0.4) is 0 Å². The van der Waals surface area contributed by atoms with Crippen LogP contribution in [0.4, 0.5) is 5.82 Å². The third-order valence-electron chi connectivity index (χ3n) is 2.56. The van der Waals surface area contributed by atoms with E-state index in [2.05, 4.69) is 15.3 Å². The van der Waals surface area contributed by atoms with Crippen LogP contribution in [0.25, 0.3) is 0 Å². The molecule has 0 saturated carbocycles. The van der Waals surface area contributed by atoms with Gasteiger partial charge in [0.1, 0.15) is 12.1 Å². The van der Waals surface area contributed by atoms with E-state index >= 15 is 0 Å². The second kappa shape index (κ2) is 5.97. The summed E-state index contributed by atoms with van der Waals surface area (Å²) in [6, 6.07) is 11.2. The lowest BCUT2D eigenvalue weighted by Crippen LogP contribution is -2.15. The van der Waals surface area contributed by atoms with Gasteiger partial charge in [-0.1, -0.05) is 30.3 Å². The van der Waals surface area contributed by atoms with Crippen molar-refractivity contribution in [2.45, 2.75) is 6.04 Å². The van der Waals surface area contributed by atoms with Gasteiger partial charge in [-0.3, -0.25) is 0 Å². The van der Waals surface area contributed by atoms with Crippen molar-refractivity contribution in [1.82, 2.24) is 9.97 Å². The molecule has 2 aromatic rings. The van der Waals surface area contributed by atoms with E-state index in [1.807, 2.05) is 30.3 Å². The van der Waals surface area contributed by atoms with Crippen LogP contribution in [-0.2, 0) is 0 Å². The minimum absolute atomic E-state index is 0.0175. The van der Waals surface area contributed by atoms with Gasteiger partial charge in [0.2, 0.25) is 5.88 Å². The number of rotatable bonds is 5. The Morgan fingerprint density at radius 2 is 2.06 bits per heavy atom. The van der Waals surface area contributed by atoms with Crippen molar-refractivity contribution in [2.24, 2.45) is 0 Å². The maximum Gasteiger partial charge on any atom is 0.218 e. The molecule has 5 heteroatoms. The fourth-order valence-corrected chi connectivity index (χ4v) is 1.63. The second-order valence-electron chi connectivity index (χ2n) is 3.74. The zero-order valence-corrected chi connectivity index (χ0v) is 10.1. The lowest BCUT2D eigenvalue weighted by atomic mass is 10.1. The number of nitrogens with zero attached hydrogens (tertiary/aromatic N) is 2. The molecule has 1 aromatic heterocycles. The highest BCUT2D eigenvalue weighted by molar-refractivity contribution is 5.40. The summed E-state index contributed by atoms with van der Waals surface area (Å²) in [5.41, 5.74) is 0.998. The van der Waals surface area contributed by atoms with Crippen molar-refractivity contribution in [1.29, 1.82) is 0 Å². The molecular formula is C13H15N3O2. The smallest absolute Gasteiger partial charge is 0.218 e. The first-order valence-corrected chi connectivity index (χ1v) is 5.62. The van der Waals surface area contributed by atoms with Crippen LogP contribution in [0.5, 0.6) is 5.88 Å². The third-order valence-corrected chi connectivity index (χ3v) is 2.56. The SMILES string of the molecule is COc1cc(N[C@@H](CO)c2ccccc2)ncn1. The molecule has 0 bridgehead atoms. The summed E-state index contributed by atoms with van der Waals surface area (Å²) in [5, 5.41) is 12.6. The van der Waals surface area contributed by atoms with E-state index < -0.39 is 0 Å². The summed E-state index contributed by atoms with van der Waals surface area (Å²) in [4.78, 5) is 8.02. The van der Waals surface area contributed by atoms with Gasteiger partial charge >= 0.3 is 0 Å². The zero-order chi connectivity index (χ0) is 12.8. The molecule has 0 saturated heterocycles. The van der Waals surface area contributed by atoms with Crippen LogP contribution >= 0.6 is 0 Å². The Morgan fingerprint density at radius 3 is 2.72 bits per heavy atom. The largest absolute Gasteiger partial charge is 0.481 e. The van der Waals surface area contributed by atoms with Crippen LogP contribution in [0, 0.1) is 0 Å². The van der Waals surface area contributed by atoms with Crippen molar-refractivity contribution in [3.8, 4) is 5.88 Å². The quantitative estimate of drug-likeness (QED) is 0.838. The molecule has 1 atom stereocenters. The van der Waals surface area contributed by atoms with E-state index in [9.17, 15) is 5.11 Å². The molecule has 2 rings (SSSR count). The van der Waals surface area contributed by atoms with Gasteiger partial charge < -0.3 is 15.2 Å². The number of aliphatic hydroxyl groups is 1. The average Bonchev–Trinajstić information content (AvgIpc) is 2.46. The number of benzene rings is 1. The van der Waals surface area contributed by atoms with Gasteiger partial charge in [0.05, 0.1) is 19.8 Å². The standard InChI is InChI=1S/C13H15N3O2/c1-18-13-7-12(14-9-15-13)16-11(8-17)10-5-3-2-4-6-10/h2-7,9,11,17H,8H2,1H3,(H,14,15,16)/t11-/m0/s1. The highest BCUT2D eigenvalue weighted by Crippen LogP contribution is 2.19. The van der Waals surface area contributed by atoms with E-state index in [1.165, 1.54) is 6.33 Å². The number of aromatic nitrogens is 2. The van der Waals surface area contributed by atoms with Crippen molar-refractivity contribution < 1.29 is 9.84 Å². The fourth-order valence-electron chi connectivity index (χ4n) is 1.63. The highest BCUT2D eigenvalue weighted by Gasteiger charge is 2.10. The van der Waals surface area contributed by atoms with Gasteiger partial charge in [0.15, 0.2) is 0 Å². The number of hydrogen-bond acceptors (Lipinski definition) is 5. The van der Waals surface area contributed by atoms with Crippen LogP contribution < -0.4 is 10.1 Å². The van der Waals surface area contributed by atoms with Crippen molar-refractivity contribution >= 4 is 5.82 Å². The number of anilines is 1. The number of hydrogen-bond donors (Lipinski definition) is 2. The van der Waals surface area contributed by atoms with Gasteiger partial charge in [-0.05, 0) is 5.56 Å². The second-order valence-corrected chi connectivity index (χ2v) is 3.74. The number of nitrogens with one attached hydrogen (secondary N) is 1. The van der Waals surface area contributed by atoms with Gasteiger partial charge in [0.25, 0.3) is 0 Å². The Hall–Kier alpha value is -2.14. The first-order valence-electron chi connectivity index (χ1n) is 5.62. The van der Waals surface area contributed by atoms with Gasteiger partial charge in [-0.25, -0.2) is 9.97 Å². The molecule has 0 aliphatic rings. The highest BCUT2D eigenvalue weighted by atomic mass is 16.5. The number of methoxy groups -OCH3 is 1. The van der Waals surface area contributed by atoms with Gasteiger partial charge in [-0.15, -0.1) is 0 Å². The maximum absolute atomic E-state index is 9.43. The summed E-state index contributed by atoms with van der Waals surface area (Å²) in [5.74, 6) is 1.10. The molecule has 5 nitrogen and oxygen atoms in total. The minimum atomic E-state index is -0.203. The Kier molecular flexibility index (Phi) is 4.09. The van der Waals surface area contributed by atoms with Crippen LogP contribution in [-0.4, -0.2) is 28.8 Å². The minimum Gasteiger partial charge on any atom is -0.481 e. The number of ether oxygens (including phenoxy) is 1. The molecule has 0 radical (unpaired) electrons. The van der Waals surface area contributed by atoms with Crippen molar-refractivity contribution in [3.63, 3.8) is 0 Å². The summed E-state index contributed by atoms with van der Waals surface area (Å²) < 4.78 is 5.02. The molecule has 0 aliphatic heterocycles. The van der Waals surface area contributed by atoms with Gasteiger partial charge in [0, 0.05) is 6.07 Å². The molecule has 2 N–H and O–H groups in total. The zero-order valence-electron chi connectivity index (χ0n) is 10.1. The van der Waals surface area contributed by atoms with E-state index in [4.69, 9.17) is 4.74 Å². The molecule has 94 valence electrons. The molecule has 18 heavy (non-hydrogen) atoms. The molecule has 0 unspecified atom stereocenters. The fraction of sp³-hybridized carbons (Fsp3) is 0.231. The van der Waals surface area contributed by atoms with E-state index in [0.717, 1.165) is 5.56 Å². The van der Waals surface area contributed by atoms with Crippen LogP contribution in [0.1, 0.15) is 11.6 Å². The predicted molar refractivity (Wildman–Crippen MR) is 68.5 cm³/mol. The van der Waals surface area contributed by atoms with E-state index in [0.29, 0.717) is 11.7 Å². The molecule has 0 aliphatic carbocycles. The lowest BCUT2D eigenvalue weighted by molar-refractivity contribution is 0.276. The Balaban J connectivity index is 2.15. The molecule has 0 spiro atoms. The Bertz CT molecular complexity index is 491. The Morgan fingerprint density at radius 1 is 1.28 bits per heavy atom. The summed E-state index contributed by atoms with van der Waals surface area (Å²) in [6.07, 6.45) is 1.42. The molecule has 1 heterocycles. The molecular weight excluding hydrogens is 230 g/mol. The summed E-state index contributed by atoms with van der Waals surface area (Å²) in [6.45, 7) is -0.0175. The van der Waals surface area contributed by atoms with E-state index in [1.54, 1.807) is 13.2 Å². The first-order chi connectivity index (χ1) is 8.83. The molecule has 1 aromatic carbocycles. The van der Waals surface area contributed by atoms with Crippen molar-refractivity contribution in [2.75, 3.05) is 19.0 Å². The third kappa shape index (κ3) is 2.95. The normalized spacial score (nSPS) is 11.9. The first kappa shape index (κ1) is 12.3. The summed E-state index contributed by atoms with van der Waals surface area (Å²) in [7, 11) is 1.55. The average molecular weight is 245 g/mol. The van der Waals surface area contributed by atoms with Gasteiger partial charge in [-0.2, -0.15) is 0 Å². The van der Waals surface area contributed by atoms with Crippen molar-refractivity contribution in [3.05, 3.63) is 48.3 Å². The lowest BCUT2D eigenvalue weighted by Gasteiger charge is -2.17. The predicted octanol–water partition coefficient (Wildman–Crippen LogP) is 1.63. The van der Waals surface area contributed by atoms with Crippen LogP contribution in [0.2, 0.25) is 0 Å². The monoisotopic (exact) mass is 245 g/mol. The van der Waals surface area contributed by atoms with E-state index in [-0.39, 0.29) is 12.6 Å². The number of aliphatic hydroxyl groups excluding tert-OH is 1. The molecule has 0 amide bonds. The van der Waals surface area contributed by atoms with Crippen LogP contribution in [0.15, 0.2) is 42.7 Å². The topological polar surface area (TPSA) is 67.3 Å². The summed E-state index contributed by atoms with van der Waals surface area (Å²) >= 11 is 0.